The summed E-state index contributed by atoms with van der Waals surface area (Å²) in [6, 6.07) is 6.21. The number of rotatable bonds is 3. The molecule has 3 saturated carbocycles. The number of nitro benzene ring substituents is 1. The van der Waals surface area contributed by atoms with E-state index in [1.54, 1.807) is 0 Å². The Hall–Kier alpha value is -2.41. The molecule has 1 aromatic rings. The minimum atomic E-state index is -0.733. The largest absolute Gasteiger partial charge is 0.514 e. The summed E-state index contributed by atoms with van der Waals surface area (Å²) in [4.78, 5) is 25.4. The number of nitro groups is 1. The maximum atomic E-state index is 12.4. The van der Waals surface area contributed by atoms with Gasteiger partial charge < -0.3 is 14.4 Å². The molecule has 4 aliphatic carbocycles. The zero-order chi connectivity index (χ0) is 25.2. The second-order valence-electron chi connectivity index (χ2n) is 12.5. The van der Waals surface area contributed by atoms with Gasteiger partial charge in [0.05, 0.1) is 4.92 Å². The van der Waals surface area contributed by atoms with E-state index in [1.807, 2.05) is 0 Å². The molecule has 4 fully saturated rings. The van der Waals surface area contributed by atoms with Crippen LogP contribution < -0.4 is 4.74 Å². The summed E-state index contributed by atoms with van der Waals surface area (Å²) in [7, 11) is 2.33. The molecule has 36 heavy (non-hydrogen) atoms. The van der Waals surface area contributed by atoms with E-state index in [9.17, 15) is 14.9 Å². The Morgan fingerprint density at radius 1 is 1.08 bits per heavy atom. The van der Waals surface area contributed by atoms with Gasteiger partial charge in [0, 0.05) is 31.1 Å². The van der Waals surface area contributed by atoms with Gasteiger partial charge in [-0.3, -0.25) is 10.1 Å². The topological polar surface area (TPSA) is 81.9 Å². The fourth-order valence-corrected chi connectivity index (χ4v) is 9.42. The molecule has 7 nitrogen and oxygen atoms in total. The Bertz CT molecular complexity index is 1090. The van der Waals surface area contributed by atoms with Crippen molar-refractivity contribution in [2.45, 2.75) is 77.4 Å². The number of allylic oxidation sites excluding steroid dienone is 1. The minimum absolute atomic E-state index is 0.0407. The molecule has 1 unspecified atom stereocenters. The predicted octanol–water partition coefficient (Wildman–Crippen LogP) is 6.37. The Balaban J connectivity index is 1.12. The summed E-state index contributed by atoms with van der Waals surface area (Å²) in [5.41, 5.74) is 2.19. The van der Waals surface area contributed by atoms with Crippen molar-refractivity contribution in [1.29, 1.82) is 0 Å². The van der Waals surface area contributed by atoms with Gasteiger partial charge >= 0.3 is 6.16 Å². The van der Waals surface area contributed by atoms with Gasteiger partial charge in [-0.2, -0.15) is 0 Å². The first-order valence-corrected chi connectivity index (χ1v) is 13.7. The molecule has 0 radical (unpaired) electrons. The number of nitrogens with zero attached hydrogens (tertiary/aromatic N) is 2. The van der Waals surface area contributed by atoms with Crippen molar-refractivity contribution in [3.05, 3.63) is 46.0 Å². The lowest BCUT2D eigenvalue weighted by Crippen LogP contribution is -2.51. The number of carbonyl (C=O) groups is 1. The molecule has 5 aliphatic rings. The molecule has 0 N–H and O–H groups in total. The van der Waals surface area contributed by atoms with Crippen LogP contribution in [0.25, 0.3) is 0 Å². The normalized spacial score (nSPS) is 41.4. The highest BCUT2D eigenvalue weighted by molar-refractivity contribution is 5.64. The SMILES string of the molecule is C[C@H]1[C@H]2CCC3[C@@H]4CC=C5C[C@@H](OC(=O)Oc6ccc([N+](=O)[O-])cc6)CC[C@]5(C)[C@H]4CC[C@@]32CN1C. The summed E-state index contributed by atoms with van der Waals surface area (Å²) in [6.07, 6.45) is 11.0. The highest BCUT2D eigenvalue weighted by atomic mass is 16.7. The van der Waals surface area contributed by atoms with Crippen molar-refractivity contribution >= 4 is 11.8 Å². The van der Waals surface area contributed by atoms with Crippen molar-refractivity contribution in [3.63, 3.8) is 0 Å². The molecular weight excluding hydrogens is 456 g/mol. The summed E-state index contributed by atoms with van der Waals surface area (Å²) < 4.78 is 11.0. The van der Waals surface area contributed by atoms with E-state index in [4.69, 9.17) is 9.47 Å². The predicted molar refractivity (Wildman–Crippen MR) is 136 cm³/mol. The van der Waals surface area contributed by atoms with E-state index >= 15 is 0 Å². The highest BCUT2D eigenvalue weighted by Crippen LogP contribution is 2.68. The average molecular weight is 495 g/mol. The van der Waals surface area contributed by atoms with Crippen LogP contribution >= 0.6 is 0 Å². The zero-order valence-electron chi connectivity index (χ0n) is 21.7. The van der Waals surface area contributed by atoms with Crippen molar-refractivity contribution in [2.24, 2.45) is 34.5 Å². The molecule has 6 rings (SSSR count). The molecule has 1 aromatic carbocycles. The highest BCUT2D eigenvalue weighted by Gasteiger charge is 2.64. The Morgan fingerprint density at radius 2 is 1.83 bits per heavy atom. The molecular formula is C29H38N2O5. The van der Waals surface area contributed by atoms with Crippen LogP contribution in [-0.4, -0.2) is 41.7 Å². The van der Waals surface area contributed by atoms with Gasteiger partial charge in [-0.05, 0) is 106 Å². The number of likely N-dealkylation sites (tertiary alicyclic amines) is 1. The van der Waals surface area contributed by atoms with Crippen molar-refractivity contribution in [3.8, 4) is 5.75 Å². The minimum Gasteiger partial charge on any atom is -0.430 e. The molecule has 194 valence electrons. The lowest BCUT2D eigenvalue weighted by Gasteiger charge is -2.58. The third-order valence-corrected chi connectivity index (χ3v) is 11.2. The van der Waals surface area contributed by atoms with Gasteiger partial charge in [-0.25, -0.2) is 4.79 Å². The van der Waals surface area contributed by atoms with E-state index in [2.05, 4.69) is 31.9 Å². The van der Waals surface area contributed by atoms with Gasteiger partial charge in [0.15, 0.2) is 0 Å². The van der Waals surface area contributed by atoms with Gasteiger partial charge in [0.2, 0.25) is 0 Å². The smallest absolute Gasteiger partial charge is 0.430 e. The van der Waals surface area contributed by atoms with E-state index in [0.717, 1.165) is 49.0 Å². The molecule has 0 bridgehead atoms. The maximum Gasteiger partial charge on any atom is 0.514 e. The first kappa shape index (κ1) is 24.0. The quantitative estimate of drug-likeness (QED) is 0.160. The number of carbonyl (C=O) groups excluding carboxylic acids is 1. The number of fused-ring (bicyclic) bond motifs is 4. The van der Waals surface area contributed by atoms with Crippen LogP contribution in [0.2, 0.25) is 0 Å². The number of hydrogen-bond acceptors (Lipinski definition) is 6. The van der Waals surface area contributed by atoms with Crippen LogP contribution in [0.5, 0.6) is 5.75 Å². The van der Waals surface area contributed by atoms with E-state index in [-0.39, 0.29) is 23.0 Å². The standard InChI is InChI=1S/C29H38N2O5/c1-18-24-10-11-26-23-9-4-19-16-22(36-27(32)35-21-7-5-20(6-8-21)31(33)34)12-14-28(19,2)25(23)13-15-29(24,26)17-30(18)3/h4-8,18,22-26H,9-17H2,1-3H3/t18-,22-,23+,24+,25-,26?,28-,29-/m0/s1. The molecule has 1 heterocycles. The molecule has 1 spiro atoms. The lowest BCUT2D eigenvalue weighted by atomic mass is 9.47. The Morgan fingerprint density at radius 3 is 2.58 bits per heavy atom. The molecule has 8 atom stereocenters. The van der Waals surface area contributed by atoms with E-state index in [1.165, 1.54) is 68.5 Å². The number of benzene rings is 1. The van der Waals surface area contributed by atoms with E-state index in [0.29, 0.717) is 5.41 Å². The van der Waals surface area contributed by atoms with Crippen molar-refractivity contribution in [1.82, 2.24) is 4.90 Å². The van der Waals surface area contributed by atoms with Crippen molar-refractivity contribution < 1.29 is 19.2 Å². The average Bonchev–Trinajstić information content (AvgIpc) is 3.33. The van der Waals surface area contributed by atoms with Crippen LogP contribution in [-0.2, 0) is 4.74 Å². The Labute approximate surface area is 213 Å². The summed E-state index contributed by atoms with van der Waals surface area (Å²) in [6.45, 7) is 6.21. The monoisotopic (exact) mass is 494 g/mol. The third-order valence-electron chi connectivity index (χ3n) is 11.2. The van der Waals surface area contributed by atoms with Crippen LogP contribution in [0.3, 0.4) is 0 Å². The van der Waals surface area contributed by atoms with Gasteiger partial charge in [-0.1, -0.05) is 18.6 Å². The van der Waals surface area contributed by atoms with Gasteiger partial charge in [0.1, 0.15) is 11.9 Å². The second kappa shape index (κ2) is 8.57. The number of ether oxygens (including phenoxy) is 2. The lowest BCUT2D eigenvalue weighted by molar-refractivity contribution is -0.384. The Kier molecular flexibility index (Phi) is 5.71. The molecule has 0 amide bonds. The molecule has 0 aromatic heterocycles. The fraction of sp³-hybridized carbons (Fsp3) is 0.690. The van der Waals surface area contributed by atoms with Crippen LogP contribution in [0.15, 0.2) is 35.9 Å². The number of hydrogen-bond donors (Lipinski definition) is 0. The van der Waals surface area contributed by atoms with Gasteiger partial charge in [-0.15, -0.1) is 0 Å². The van der Waals surface area contributed by atoms with Crippen LogP contribution in [0.1, 0.15) is 65.2 Å². The zero-order valence-corrected chi connectivity index (χ0v) is 21.7. The number of non-ortho nitro benzene ring substituents is 1. The first-order valence-electron chi connectivity index (χ1n) is 13.7. The molecule has 1 saturated heterocycles. The molecule has 1 aliphatic heterocycles. The summed E-state index contributed by atoms with van der Waals surface area (Å²) in [5.74, 6) is 3.51. The molecule has 7 heteroatoms. The summed E-state index contributed by atoms with van der Waals surface area (Å²) in [5, 5.41) is 10.8. The fourth-order valence-electron chi connectivity index (χ4n) is 9.42. The van der Waals surface area contributed by atoms with Crippen molar-refractivity contribution in [2.75, 3.05) is 13.6 Å². The van der Waals surface area contributed by atoms with Gasteiger partial charge in [0.25, 0.3) is 5.69 Å². The van der Waals surface area contributed by atoms with Crippen LogP contribution in [0.4, 0.5) is 10.5 Å². The first-order chi connectivity index (χ1) is 17.2. The summed E-state index contributed by atoms with van der Waals surface area (Å²) >= 11 is 0. The third kappa shape index (κ3) is 3.60. The second-order valence-corrected chi connectivity index (χ2v) is 12.5. The maximum absolute atomic E-state index is 12.4. The van der Waals surface area contributed by atoms with E-state index < -0.39 is 11.1 Å². The van der Waals surface area contributed by atoms with Crippen LogP contribution in [0, 0.1) is 44.6 Å².